The first-order valence-electron chi connectivity index (χ1n) is 6.58. The van der Waals surface area contributed by atoms with E-state index in [1.165, 1.54) is 23.0 Å². The van der Waals surface area contributed by atoms with E-state index in [-0.39, 0.29) is 11.6 Å². The highest BCUT2D eigenvalue weighted by molar-refractivity contribution is 7.99. The third kappa shape index (κ3) is 3.70. The molecule has 3 N–H and O–H groups in total. The van der Waals surface area contributed by atoms with E-state index in [4.69, 9.17) is 16.0 Å². The number of ketones is 1. The number of nitrogens with one attached hydrogen (secondary N) is 2. The monoisotopic (exact) mass is 349 g/mol. The molecule has 6 nitrogen and oxygen atoms in total. The van der Waals surface area contributed by atoms with Gasteiger partial charge in [0, 0.05) is 17.3 Å². The zero-order valence-electron chi connectivity index (χ0n) is 11.7. The van der Waals surface area contributed by atoms with Crippen LogP contribution in [-0.4, -0.2) is 15.9 Å². The largest absolute Gasteiger partial charge is 0.493 e. The molecule has 1 aliphatic rings. The molecule has 0 atom stereocenters. The molecule has 0 bridgehead atoms. The maximum Gasteiger partial charge on any atom is 0.226 e. The molecule has 2 heterocycles. The minimum Gasteiger partial charge on any atom is -0.493 e. The van der Waals surface area contributed by atoms with Crippen molar-refractivity contribution in [3.8, 4) is 0 Å². The number of benzene rings is 1. The van der Waals surface area contributed by atoms with Gasteiger partial charge in [0.05, 0.1) is 11.1 Å². The van der Waals surface area contributed by atoms with Gasteiger partial charge in [0.1, 0.15) is 0 Å². The standard InChI is InChI=1S/C15H12ClN3O3S/c16-10-3-1-2-4-13(10)23-15-6-5-12(22-15)11(20)9-14(21)19-8-7-17-18-19/h1-9,17-18,21H. The van der Waals surface area contributed by atoms with E-state index in [0.29, 0.717) is 10.1 Å². The first-order chi connectivity index (χ1) is 11.1. The Hall–Kier alpha value is -2.35. The van der Waals surface area contributed by atoms with Crippen LogP contribution in [0.15, 0.2) is 75.2 Å². The van der Waals surface area contributed by atoms with Crippen molar-refractivity contribution in [1.82, 2.24) is 16.0 Å². The molecule has 118 valence electrons. The van der Waals surface area contributed by atoms with Crippen molar-refractivity contribution in [2.75, 3.05) is 0 Å². The van der Waals surface area contributed by atoms with Gasteiger partial charge in [-0.1, -0.05) is 35.5 Å². The lowest BCUT2D eigenvalue weighted by atomic mass is 10.3. The lowest BCUT2D eigenvalue weighted by Gasteiger charge is -2.12. The number of halogens is 1. The van der Waals surface area contributed by atoms with Gasteiger partial charge in [-0.3, -0.25) is 4.79 Å². The molecule has 0 unspecified atom stereocenters. The fourth-order valence-electron chi connectivity index (χ4n) is 1.79. The van der Waals surface area contributed by atoms with Crippen LogP contribution in [0.3, 0.4) is 0 Å². The molecule has 3 rings (SSSR count). The highest BCUT2D eigenvalue weighted by Gasteiger charge is 2.15. The van der Waals surface area contributed by atoms with Crippen LogP contribution in [0.25, 0.3) is 0 Å². The van der Waals surface area contributed by atoms with E-state index in [0.717, 1.165) is 11.0 Å². The Morgan fingerprint density at radius 1 is 1.30 bits per heavy atom. The van der Waals surface area contributed by atoms with Crippen LogP contribution in [0.4, 0.5) is 0 Å². The Morgan fingerprint density at radius 3 is 2.87 bits per heavy atom. The molecule has 0 saturated heterocycles. The van der Waals surface area contributed by atoms with Gasteiger partial charge in [-0.05, 0) is 24.3 Å². The molecule has 0 spiro atoms. The van der Waals surface area contributed by atoms with E-state index in [9.17, 15) is 9.90 Å². The first kappa shape index (κ1) is 15.5. The Kier molecular flexibility index (Phi) is 4.61. The van der Waals surface area contributed by atoms with Crippen LogP contribution in [0.2, 0.25) is 5.02 Å². The van der Waals surface area contributed by atoms with E-state index >= 15 is 0 Å². The highest BCUT2D eigenvalue weighted by Crippen LogP contribution is 2.34. The minimum absolute atomic E-state index is 0.127. The Labute approximate surface area is 141 Å². The van der Waals surface area contributed by atoms with E-state index in [2.05, 4.69) is 11.0 Å². The normalized spacial score (nSPS) is 14.1. The SMILES string of the molecule is O=C(C=C(O)N1C=CNN1)c1ccc(Sc2ccccc2Cl)o1. The number of aliphatic hydroxyl groups excluding tert-OH is 1. The molecule has 8 heteroatoms. The van der Waals surface area contributed by atoms with Gasteiger partial charge in [-0.25, -0.2) is 5.01 Å². The van der Waals surface area contributed by atoms with Gasteiger partial charge in [-0.2, -0.15) is 0 Å². The van der Waals surface area contributed by atoms with Crippen molar-refractivity contribution < 1.29 is 14.3 Å². The Balaban J connectivity index is 1.71. The molecule has 1 aromatic heterocycles. The molecule has 2 aromatic rings. The second-order valence-electron chi connectivity index (χ2n) is 4.46. The number of furan rings is 1. The van der Waals surface area contributed by atoms with Crippen molar-refractivity contribution in [1.29, 1.82) is 0 Å². The van der Waals surface area contributed by atoms with Crippen LogP contribution < -0.4 is 11.0 Å². The number of hydrogen-bond donors (Lipinski definition) is 3. The van der Waals surface area contributed by atoms with Crippen LogP contribution >= 0.6 is 23.4 Å². The number of carbonyl (C=O) groups is 1. The number of hydrazine groups is 2. The molecule has 1 aromatic carbocycles. The van der Waals surface area contributed by atoms with Crippen LogP contribution in [0.5, 0.6) is 0 Å². The summed E-state index contributed by atoms with van der Waals surface area (Å²) in [5.74, 6) is -0.578. The summed E-state index contributed by atoms with van der Waals surface area (Å²) in [4.78, 5) is 12.9. The summed E-state index contributed by atoms with van der Waals surface area (Å²) in [5.41, 5.74) is 5.26. The quantitative estimate of drug-likeness (QED) is 0.433. The summed E-state index contributed by atoms with van der Waals surface area (Å²) in [6, 6.07) is 10.6. The molecule has 0 fully saturated rings. The van der Waals surface area contributed by atoms with Crippen molar-refractivity contribution >= 4 is 29.1 Å². The smallest absolute Gasteiger partial charge is 0.226 e. The van der Waals surface area contributed by atoms with Gasteiger partial charge in [-0.15, -0.1) is 5.53 Å². The summed E-state index contributed by atoms with van der Waals surface area (Å²) in [6.07, 6.45) is 4.16. The number of allylic oxidation sites excluding steroid dienone is 1. The van der Waals surface area contributed by atoms with Gasteiger partial charge in [0.25, 0.3) is 0 Å². The third-order valence-corrected chi connectivity index (χ3v) is 4.31. The number of carbonyl (C=O) groups excluding carboxylic acids is 1. The maximum atomic E-state index is 12.1. The highest BCUT2D eigenvalue weighted by atomic mass is 35.5. The van der Waals surface area contributed by atoms with Crippen LogP contribution in [0, 0.1) is 0 Å². The zero-order chi connectivity index (χ0) is 16.2. The first-order valence-corrected chi connectivity index (χ1v) is 7.77. The molecule has 0 aliphatic carbocycles. The molecule has 1 aliphatic heterocycles. The summed E-state index contributed by atoms with van der Waals surface area (Å²) < 4.78 is 5.49. The number of aliphatic hydroxyl groups is 1. The Morgan fingerprint density at radius 2 is 2.13 bits per heavy atom. The molecule has 23 heavy (non-hydrogen) atoms. The molecular formula is C15H12ClN3O3S. The average molecular weight is 350 g/mol. The third-order valence-electron chi connectivity index (χ3n) is 2.87. The summed E-state index contributed by atoms with van der Waals surface area (Å²) in [5, 5.41) is 12.2. The van der Waals surface area contributed by atoms with Crippen molar-refractivity contribution in [2.24, 2.45) is 0 Å². The lowest BCUT2D eigenvalue weighted by Crippen LogP contribution is -2.35. The second-order valence-corrected chi connectivity index (χ2v) is 5.91. The number of hydrogen-bond acceptors (Lipinski definition) is 7. The van der Waals surface area contributed by atoms with Gasteiger partial charge in [0.15, 0.2) is 10.9 Å². The molecule has 0 amide bonds. The van der Waals surface area contributed by atoms with Crippen LogP contribution in [-0.2, 0) is 0 Å². The minimum atomic E-state index is -0.449. The summed E-state index contributed by atoms with van der Waals surface area (Å²) in [6.45, 7) is 0. The molecule has 0 saturated carbocycles. The fourth-order valence-corrected chi connectivity index (χ4v) is 2.84. The zero-order valence-corrected chi connectivity index (χ0v) is 13.3. The summed E-state index contributed by atoms with van der Waals surface area (Å²) in [7, 11) is 0. The topological polar surface area (TPSA) is 77.7 Å². The van der Waals surface area contributed by atoms with Gasteiger partial charge in [0.2, 0.25) is 11.7 Å². The molecular weight excluding hydrogens is 338 g/mol. The average Bonchev–Trinajstić information content (AvgIpc) is 3.21. The van der Waals surface area contributed by atoms with E-state index < -0.39 is 5.78 Å². The van der Waals surface area contributed by atoms with Crippen molar-refractivity contribution in [3.63, 3.8) is 0 Å². The lowest BCUT2D eigenvalue weighted by molar-refractivity contribution is 0.0999. The predicted octanol–water partition coefficient (Wildman–Crippen LogP) is 3.46. The van der Waals surface area contributed by atoms with E-state index in [1.54, 1.807) is 24.4 Å². The Bertz CT molecular complexity index is 788. The van der Waals surface area contributed by atoms with Crippen molar-refractivity contribution in [3.05, 3.63) is 71.5 Å². The fraction of sp³-hybridized carbons (Fsp3) is 0. The number of nitrogens with zero attached hydrogens (tertiary/aromatic N) is 1. The second kappa shape index (κ2) is 6.82. The number of rotatable bonds is 5. The summed E-state index contributed by atoms with van der Waals surface area (Å²) >= 11 is 7.41. The van der Waals surface area contributed by atoms with Crippen molar-refractivity contribution in [2.45, 2.75) is 9.99 Å². The van der Waals surface area contributed by atoms with Crippen LogP contribution in [0.1, 0.15) is 10.6 Å². The predicted molar refractivity (Wildman–Crippen MR) is 86.6 cm³/mol. The van der Waals surface area contributed by atoms with E-state index in [1.807, 2.05) is 18.2 Å². The van der Waals surface area contributed by atoms with Gasteiger partial charge < -0.3 is 14.9 Å². The molecule has 0 radical (unpaired) electrons. The maximum absolute atomic E-state index is 12.1. The van der Waals surface area contributed by atoms with Gasteiger partial charge >= 0.3 is 0 Å².